The highest BCUT2D eigenvalue weighted by molar-refractivity contribution is 6.35. The average molecular weight is 334 g/mol. The van der Waals surface area contributed by atoms with Crippen molar-refractivity contribution in [3.63, 3.8) is 0 Å². The van der Waals surface area contributed by atoms with E-state index in [1.807, 2.05) is 32.9 Å². The Labute approximate surface area is 140 Å². The van der Waals surface area contributed by atoms with Crippen LogP contribution in [0.1, 0.15) is 32.9 Å². The molecule has 3 heterocycles. The van der Waals surface area contributed by atoms with E-state index in [9.17, 15) is 4.79 Å². The largest absolute Gasteiger partial charge is 0.444 e. The monoisotopic (exact) mass is 333 g/mol. The normalized spacial score (nSPS) is 15.7. The zero-order valence-corrected chi connectivity index (χ0v) is 14.3. The quantitative estimate of drug-likeness (QED) is 0.849. The Balaban J connectivity index is 1.75. The highest BCUT2D eigenvalue weighted by atomic mass is 35.5. The summed E-state index contributed by atoms with van der Waals surface area (Å²) in [6.45, 7) is 6.80. The van der Waals surface area contributed by atoms with Gasteiger partial charge in [0.25, 0.3) is 0 Å². The third kappa shape index (κ3) is 3.50. The number of carbonyl (C=O) groups excluding carboxylic acids is 1. The van der Waals surface area contributed by atoms with E-state index in [0.29, 0.717) is 18.1 Å². The number of aromatic nitrogens is 2. The van der Waals surface area contributed by atoms with Gasteiger partial charge < -0.3 is 14.6 Å². The fourth-order valence-corrected chi connectivity index (χ4v) is 2.77. The van der Waals surface area contributed by atoms with Crippen LogP contribution >= 0.6 is 11.6 Å². The van der Waals surface area contributed by atoms with Crippen LogP contribution < -0.4 is 0 Å². The molecule has 1 aliphatic rings. The molecule has 0 aliphatic carbocycles. The number of ether oxygens (including phenoxy) is 1. The van der Waals surface area contributed by atoms with Gasteiger partial charge in [-0.1, -0.05) is 17.7 Å². The molecule has 0 atom stereocenters. The number of aromatic amines is 1. The van der Waals surface area contributed by atoms with Crippen molar-refractivity contribution in [2.24, 2.45) is 0 Å². The molecular weight excluding hydrogens is 314 g/mol. The van der Waals surface area contributed by atoms with Gasteiger partial charge in [-0.15, -0.1) is 0 Å². The summed E-state index contributed by atoms with van der Waals surface area (Å²) in [4.78, 5) is 21.4. The topological polar surface area (TPSA) is 58.2 Å². The first-order valence-electron chi connectivity index (χ1n) is 7.64. The van der Waals surface area contributed by atoms with Gasteiger partial charge in [-0.2, -0.15) is 0 Å². The minimum atomic E-state index is -0.472. The van der Waals surface area contributed by atoms with Gasteiger partial charge in [0, 0.05) is 30.4 Å². The van der Waals surface area contributed by atoms with Crippen LogP contribution in [0.2, 0.25) is 5.02 Å². The predicted molar refractivity (Wildman–Crippen MR) is 91.5 cm³/mol. The van der Waals surface area contributed by atoms with E-state index in [4.69, 9.17) is 16.3 Å². The molecule has 23 heavy (non-hydrogen) atoms. The molecule has 3 rings (SSSR count). The molecule has 0 saturated heterocycles. The predicted octanol–water partition coefficient (Wildman–Crippen LogP) is 4.24. The Morgan fingerprint density at radius 2 is 2.22 bits per heavy atom. The number of hydrogen-bond donors (Lipinski definition) is 1. The van der Waals surface area contributed by atoms with Crippen LogP contribution in [0.3, 0.4) is 0 Å². The molecular formula is C17H20ClN3O2. The second-order valence-electron chi connectivity index (χ2n) is 6.64. The summed E-state index contributed by atoms with van der Waals surface area (Å²) < 4.78 is 5.40. The number of nitrogens with zero attached hydrogens (tertiary/aromatic N) is 2. The van der Waals surface area contributed by atoms with Gasteiger partial charge in [0.15, 0.2) is 0 Å². The summed E-state index contributed by atoms with van der Waals surface area (Å²) in [5, 5.41) is 1.60. The molecule has 2 aromatic heterocycles. The minimum absolute atomic E-state index is 0.269. The van der Waals surface area contributed by atoms with E-state index in [2.05, 4.69) is 9.97 Å². The van der Waals surface area contributed by atoms with Crippen LogP contribution in [0.4, 0.5) is 4.79 Å². The summed E-state index contributed by atoms with van der Waals surface area (Å²) in [6, 6.07) is 3.79. The molecule has 0 radical (unpaired) electrons. The number of carbonyl (C=O) groups is 1. The third-order valence-corrected chi connectivity index (χ3v) is 4.02. The Bertz CT molecular complexity index is 774. The molecule has 0 bridgehead atoms. The fraction of sp³-hybridized carbons (Fsp3) is 0.412. The molecule has 0 fully saturated rings. The highest BCUT2D eigenvalue weighted by Crippen LogP contribution is 2.28. The van der Waals surface area contributed by atoms with E-state index in [-0.39, 0.29) is 6.09 Å². The Kier molecular flexibility index (Phi) is 4.06. The molecule has 1 N–H and O–H groups in total. The number of pyridine rings is 1. The smallest absolute Gasteiger partial charge is 0.410 e. The molecule has 122 valence electrons. The van der Waals surface area contributed by atoms with Crippen molar-refractivity contribution in [1.29, 1.82) is 0 Å². The number of nitrogens with one attached hydrogen (secondary N) is 1. The Morgan fingerprint density at radius 3 is 2.83 bits per heavy atom. The lowest BCUT2D eigenvalue weighted by molar-refractivity contribution is 0.0270. The van der Waals surface area contributed by atoms with Crippen molar-refractivity contribution in [1.82, 2.24) is 14.9 Å². The summed E-state index contributed by atoms with van der Waals surface area (Å²) in [5.74, 6) is 0. The van der Waals surface area contributed by atoms with Crippen molar-refractivity contribution >= 4 is 34.3 Å². The van der Waals surface area contributed by atoms with Crippen LogP contribution in [0.15, 0.2) is 24.4 Å². The first-order chi connectivity index (χ1) is 10.8. The fourth-order valence-electron chi connectivity index (χ4n) is 2.57. The summed E-state index contributed by atoms with van der Waals surface area (Å²) in [5.41, 5.74) is 2.48. The highest BCUT2D eigenvalue weighted by Gasteiger charge is 2.24. The lowest BCUT2D eigenvalue weighted by atomic mass is 10.1. The number of halogens is 1. The minimum Gasteiger partial charge on any atom is -0.444 e. The number of rotatable bonds is 1. The molecule has 0 aromatic carbocycles. The van der Waals surface area contributed by atoms with Gasteiger partial charge in [-0.25, -0.2) is 9.78 Å². The van der Waals surface area contributed by atoms with Crippen molar-refractivity contribution in [3.8, 4) is 0 Å². The van der Waals surface area contributed by atoms with E-state index in [1.165, 1.54) is 5.57 Å². The third-order valence-electron chi connectivity index (χ3n) is 3.69. The van der Waals surface area contributed by atoms with Crippen LogP contribution in [0, 0.1) is 0 Å². The van der Waals surface area contributed by atoms with Gasteiger partial charge in [-0.3, -0.25) is 0 Å². The van der Waals surface area contributed by atoms with Crippen LogP contribution in [-0.2, 0) is 4.74 Å². The number of H-pyrrole nitrogens is 1. The van der Waals surface area contributed by atoms with Gasteiger partial charge in [-0.05, 0) is 44.9 Å². The van der Waals surface area contributed by atoms with Gasteiger partial charge >= 0.3 is 6.09 Å². The average Bonchev–Trinajstić information content (AvgIpc) is 2.91. The lowest BCUT2D eigenvalue weighted by Crippen LogP contribution is -2.39. The van der Waals surface area contributed by atoms with Gasteiger partial charge in [0.1, 0.15) is 11.2 Å². The summed E-state index contributed by atoms with van der Waals surface area (Å²) >= 11 is 6.19. The maximum absolute atomic E-state index is 12.1. The second kappa shape index (κ2) is 5.89. The Hall–Kier alpha value is -2.01. The van der Waals surface area contributed by atoms with Crippen molar-refractivity contribution in [2.45, 2.75) is 32.8 Å². The van der Waals surface area contributed by atoms with Crippen LogP contribution in [-0.4, -0.2) is 39.7 Å². The maximum atomic E-state index is 12.1. The van der Waals surface area contributed by atoms with Gasteiger partial charge in [0.05, 0.1) is 5.02 Å². The zero-order chi connectivity index (χ0) is 16.6. The first-order valence-corrected chi connectivity index (χ1v) is 8.02. The van der Waals surface area contributed by atoms with Crippen molar-refractivity contribution < 1.29 is 9.53 Å². The molecule has 2 aromatic rings. The lowest BCUT2D eigenvalue weighted by Gasteiger charge is -2.29. The summed E-state index contributed by atoms with van der Waals surface area (Å²) in [7, 11) is 0. The standard InChI is InChI=1S/C17H20ClN3O2/c1-17(2,3)23-16(22)21-8-5-11(6-9-21)14-10-12-13(18)4-7-19-15(12)20-14/h4-5,7,10H,6,8-9H2,1-3H3,(H,19,20). The summed E-state index contributed by atoms with van der Waals surface area (Å²) in [6.07, 6.45) is 4.23. The van der Waals surface area contributed by atoms with E-state index in [0.717, 1.165) is 23.1 Å². The maximum Gasteiger partial charge on any atom is 0.410 e. The molecule has 5 nitrogen and oxygen atoms in total. The second-order valence-corrected chi connectivity index (χ2v) is 7.05. The molecule has 6 heteroatoms. The van der Waals surface area contributed by atoms with E-state index >= 15 is 0 Å². The molecule has 0 spiro atoms. The zero-order valence-electron chi connectivity index (χ0n) is 13.5. The number of fused-ring (bicyclic) bond motifs is 1. The molecule has 1 amide bonds. The van der Waals surface area contributed by atoms with Gasteiger partial charge in [0.2, 0.25) is 0 Å². The van der Waals surface area contributed by atoms with Crippen LogP contribution in [0.25, 0.3) is 16.6 Å². The first kappa shape index (κ1) is 15.9. The van der Waals surface area contributed by atoms with Crippen molar-refractivity contribution in [3.05, 3.63) is 35.1 Å². The SMILES string of the molecule is CC(C)(C)OC(=O)N1CC=C(c2cc3c(Cl)ccnc3[nH]2)CC1. The van der Waals surface area contributed by atoms with E-state index in [1.54, 1.807) is 17.2 Å². The number of hydrogen-bond acceptors (Lipinski definition) is 3. The molecule has 0 unspecified atom stereocenters. The van der Waals surface area contributed by atoms with E-state index < -0.39 is 5.60 Å². The van der Waals surface area contributed by atoms with Crippen molar-refractivity contribution in [2.75, 3.05) is 13.1 Å². The number of amides is 1. The van der Waals surface area contributed by atoms with Crippen LogP contribution in [0.5, 0.6) is 0 Å². The Morgan fingerprint density at radius 1 is 1.43 bits per heavy atom. The molecule has 0 saturated carbocycles. The molecule has 1 aliphatic heterocycles.